The standard InChI is InChI=1S/C12H19N5/c1-3-4-13-5-11-6-15-17(9-11)10-12-7-14-16(2)8-12/h6-9,13H,3-5,10H2,1-2H3. The van der Waals surface area contributed by atoms with E-state index in [0.29, 0.717) is 0 Å². The molecule has 2 aromatic heterocycles. The van der Waals surface area contributed by atoms with Crippen LogP contribution >= 0.6 is 0 Å². The van der Waals surface area contributed by atoms with Crippen molar-refractivity contribution in [1.29, 1.82) is 0 Å². The van der Waals surface area contributed by atoms with Crippen molar-refractivity contribution in [3.63, 3.8) is 0 Å². The molecule has 0 aromatic carbocycles. The summed E-state index contributed by atoms with van der Waals surface area (Å²) in [5, 5.41) is 11.8. The van der Waals surface area contributed by atoms with Crippen LogP contribution in [-0.4, -0.2) is 26.1 Å². The molecule has 0 unspecified atom stereocenters. The highest BCUT2D eigenvalue weighted by Crippen LogP contribution is 2.02. The van der Waals surface area contributed by atoms with Crippen LogP contribution in [0, 0.1) is 0 Å². The van der Waals surface area contributed by atoms with E-state index in [1.165, 1.54) is 11.1 Å². The molecule has 0 saturated heterocycles. The highest BCUT2D eigenvalue weighted by molar-refractivity contribution is 5.08. The number of hydrogen-bond donors (Lipinski definition) is 1. The second-order valence-corrected chi connectivity index (χ2v) is 4.25. The third-order valence-corrected chi connectivity index (χ3v) is 2.55. The van der Waals surface area contributed by atoms with Gasteiger partial charge in [-0.25, -0.2) is 0 Å². The molecule has 5 heteroatoms. The van der Waals surface area contributed by atoms with E-state index in [-0.39, 0.29) is 0 Å². The second kappa shape index (κ2) is 5.63. The molecule has 0 aliphatic rings. The molecule has 0 saturated carbocycles. The number of hydrogen-bond acceptors (Lipinski definition) is 3. The zero-order valence-electron chi connectivity index (χ0n) is 10.4. The highest BCUT2D eigenvalue weighted by atomic mass is 15.3. The molecule has 2 heterocycles. The van der Waals surface area contributed by atoms with E-state index in [4.69, 9.17) is 0 Å². The van der Waals surface area contributed by atoms with E-state index >= 15 is 0 Å². The van der Waals surface area contributed by atoms with E-state index in [0.717, 1.165) is 26.1 Å². The molecule has 1 N–H and O–H groups in total. The summed E-state index contributed by atoms with van der Waals surface area (Å²) in [4.78, 5) is 0. The average Bonchev–Trinajstić information content (AvgIpc) is 2.90. The molecular weight excluding hydrogens is 214 g/mol. The van der Waals surface area contributed by atoms with E-state index < -0.39 is 0 Å². The monoisotopic (exact) mass is 233 g/mol. The van der Waals surface area contributed by atoms with Crippen LogP contribution in [0.1, 0.15) is 24.5 Å². The number of nitrogens with zero attached hydrogens (tertiary/aromatic N) is 4. The normalized spacial score (nSPS) is 10.9. The smallest absolute Gasteiger partial charge is 0.0690 e. The Labute approximate surface area is 101 Å². The quantitative estimate of drug-likeness (QED) is 0.762. The van der Waals surface area contributed by atoms with Gasteiger partial charge in [0.1, 0.15) is 0 Å². The van der Waals surface area contributed by atoms with Crippen molar-refractivity contribution in [2.45, 2.75) is 26.4 Å². The molecule has 0 atom stereocenters. The van der Waals surface area contributed by atoms with Crippen LogP contribution in [0.2, 0.25) is 0 Å². The molecule has 0 aliphatic heterocycles. The van der Waals surface area contributed by atoms with Gasteiger partial charge in [0, 0.05) is 37.1 Å². The van der Waals surface area contributed by atoms with Crippen molar-refractivity contribution < 1.29 is 0 Å². The van der Waals surface area contributed by atoms with Crippen LogP contribution in [0.3, 0.4) is 0 Å². The number of aryl methyl sites for hydroxylation is 1. The van der Waals surface area contributed by atoms with Gasteiger partial charge in [-0.3, -0.25) is 9.36 Å². The lowest BCUT2D eigenvalue weighted by molar-refractivity contribution is 0.668. The van der Waals surface area contributed by atoms with Crippen LogP contribution in [0.15, 0.2) is 24.8 Å². The van der Waals surface area contributed by atoms with E-state index in [1.54, 1.807) is 0 Å². The highest BCUT2D eigenvalue weighted by Gasteiger charge is 2.01. The molecular formula is C12H19N5. The minimum atomic E-state index is 0.779. The summed E-state index contributed by atoms with van der Waals surface area (Å²) in [6.07, 6.45) is 9.03. The van der Waals surface area contributed by atoms with Gasteiger partial charge in [0.25, 0.3) is 0 Å². The van der Waals surface area contributed by atoms with Crippen LogP contribution in [0.25, 0.3) is 0 Å². The Kier molecular flexibility index (Phi) is 3.93. The molecule has 0 spiro atoms. The molecule has 0 aliphatic carbocycles. The number of aromatic nitrogens is 4. The van der Waals surface area contributed by atoms with Crippen molar-refractivity contribution in [1.82, 2.24) is 24.9 Å². The topological polar surface area (TPSA) is 47.7 Å². The van der Waals surface area contributed by atoms with Crippen LogP contribution in [0.4, 0.5) is 0 Å². The number of rotatable bonds is 6. The van der Waals surface area contributed by atoms with Crippen molar-refractivity contribution in [3.05, 3.63) is 35.9 Å². The van der Waals surface area contributed by atoms with Crippen molar-refractivity contribution >= 4 is 0 Å². The molecule has 0 radical (unpaired) electrons. The lowest BCUT2D eigenvalue weighted by atomic mass is 10.3. The molecule has 0 fully saturated rings. The maximum atomic E-state index is 4.34. The Balaban J connectivity index is 1.89. The SMILES string of the molecule is CCCNCc1cnn(Cc2cnn(C)c2)c1. The Morgan fingerprint density at radius 1 is 1.18 bits per heavy atom. The Morgan fingerprint density at radius 2 is 2.00 bits per heavy atom. The van der Waals surface area contributed by atoms with Gasteiger partial charge in [-0.1, -0.05) is 6.92 Å². The van der Waals surface area contributed by atoms with Crippen LogP contribution < -0.4 is 5.32 Å². The third-order valence-electron chi connectivity index (χ3n) is 2.55. The third kappa shape index (κ3) is 3.42. The summed E-state index contributed by atoms with van der Waals surface area (Å²) in [6, 6.07) is 0. The predicted octanol–water partition coefficient (Wildman–Crippen LogP) is 1.16. The zero-order chi connectivity index (χ0) is 12.1. The Morgan fingerprint density at radius 3 is 2.71 bits per heavy atom. The first-order valence-electron chi connectivity index (χ1n) is 5.97. The summed E-state index contributed by atoms with van der Waals surface area (Å²) >= 11 is 0. The molecule has 2 rings (SSSR count). The van der Waals surface area contributed by atoms with Gasteiger partial charge in [0.05, 0.1) is 18.9 Å². The second-order valence-electron chi connectivity index (χ2n) is 4.25. The fourth-order valence-electron chi connectivity index (χ4n) is 1.73. The van der Waals surface area contributed by atoms with Gasteiger partial charge in [-0.05, 0) is 13.0 Å². The maximum Gasteiger partial charge on any atom is 0.0690 e. The molecule has 2 aromatic rings. The minimum Gasteiger partial charge on any atom is -0.313 e. The first kappa shape index (κ1) is 11.9. The lowest BCUT2D eigenvalue weighted by Gasteiger charge is -1.99. The number of nitrogens with one attached hydrogen (secondary N) is 1. The Bertz CT molecular complexity index is 457. The molecule has 0 bridgehead atoms. The Hall–Kier alpha value is -1.62. The van der Waals surface area contributed by atoms with Crippen LogP contribution in [-0.2, 0) is 20.1 Å². The summed E-state index contributed by atoms with van der Waals surface area (Å²) < 4.78 is 3.75. The summed E-state index contributed by atoms with van der Waals surface area (Å²) in [5.74, 6) is 0. The van der Waals surface area contributed by atoms with Gasteiger partial charge in [0.15, 0.2) is 0 Å². The van der Waals surface area contributed by atoms with E-state index in [2.05, 4.69) is 28.6 Å². The summed E-state index contributed by atoms with van der Waals surface area (Å²) in [5.41, 5.74) is 2.39. The maximum absolute atomic E-state index is 4.34. The van der Waals surface area contributed by atoms with Crippen molar-refractivity contribution in [3.8, 4) is 0 Å². The average molecular weight is 233 g/mol. The summed E-state index contributed by atoms with van der Waals surface area (Å²) in [6.45, 7) is 4.88. The van der Waals surface area contributed by atoms with Crippen molar-refractivity contribution in [2.24, 2.45) is 7.05 Å². The molecule has 92 valence electrons. The van der Waals surface area contributed by atoms with Gasteiger partial charge < -0.3 is 5.32 Å². The molecule has 5 nitrogen and oxygen atoms in total. The summed E-state index contributed by atoms with van der Waals surface area (Å²) in [7, 11) is 1.92. The van der Waals surface area contributed by atoms with E-state index in [1.807, 2.05) is 35.0 Å². The first-order valence-corrected chi connectivity index (χ1v) is 5.97. The van der Waals surface area contributed by atoms with Crippen LogP contribution in [0.5, 0.6) is 0 Å². The fraction of sp³-hybridized carbons (Fsp3) is 0.500. The zero-order valence-corrected chi connectivity index (χ0v) is 10.4. The van der Waals surface area contributed by atoms with Gasteiger partial charge in [-0.2, -0.15) is 10.2 Å². The largest absolute Gasteiger partial charge is 0.313 e. The van der Waals surface area contributed by atoms with E-state index in [9.17, 15) is 0 Å². The predicted molar refractivity (Wildman–Crippen MR) is 66.5 cm³/mol. The van der Waals surface area contributed by atoms with Crippen molar-refractivity contribution in [2.75, 3.05) is 6.54 Å². The lowest BCUT2D eigenvalue weighted by Crippen LogP contribution is -2.13. The fourth-order valence-corrected chi connectivity index (χ4v) is 1.73. The molecule has 17 heavy (non-hydrogen) atoms. The van der Waals surface area contributed by atoms with Gasteiger partial charge in [0.2, 0.25) is 0 Å². The van der Waals surface area contributed by atoms with Gasteiger partial charge in [-0.15, -0.1) is 0 Å². The molecule has 0 amide bonds. The minimum absolute atomic E-state index is 0.779. The first-order chi connectivity index (χ1) is 8.28. The van der Waals surface area contributed by atoms with Gasteiger partial charge >= 0.3 is 0 Å².